The largest absolute Gasteiger partial charge is 0.444 e. The van der Waals surface area contributed by atoms with Gasteiger partial charge in [0.1, 0.15) is 5.60 Å². The first kappa shape index (κ1) is 21.5. The molecule has 1 fully saturated rings. The van der Waals surface area contributed by atoms with Crippen molar-refractivity contribution in [3.8, 4) is 0 Å². The van der Waals surface area contributed by atoms with E-state index in [9.17, 15) is 18.0 Å². The van der Waals surface area contributed by atoms with Gasteiger partial charge in [-0.3, -0.25) is 0 Å². The summed E-state index contributed by atoms with van der Waals surface area (Å²) in [6, 6.07) is 5.46. The molecule has 1 aromatic rings. The van der Waals surface area contributed by atoms with Crippen LogP contribution in [0.5, 0.6) is 0 Å². The van der Waals surface area contributed by atoms with Gasteiger partial charge in [-0.05, 0) is 77.7 Å². The van der Waals surface area contributed by atoms with Gasteiger partial charge in [0.05, 0.1) is 5.56 Å². The number of benzene rings is 1. The molecule has 1 aliphatic rings. The standard InChI is InChI=1S/C20H29F3N2O2/c1-19(2,3)27-18(26)24-16-11-8-14(12-17(16)25(4)5)13-6-9-15(10-7-13)20(21,22)23/h6-7,9-10,14,16-17H,8,11-12H2,1-5H3,(H,24,26)/t14?,16-,17-/m0/s1. The number of hydrogen-bond donors (Lipinski definition) is 1. The molecule has 0 bridgehead atoms. The molecule has 4 nitrogen and oxygen atoms in total. The maximum Gasteiger partial charge on any atom is 0.416 e. The van der Waals surface area contributed by atoms with E-state index in [-0.39, 0.29) is 18.0 Å². The quantitative estimate of drug-likeness (QED) is 0.812. The minimum Gasteiger partial charge on any atom is -0.444 e. The number of alkyl halides is 3. The molecule has 0 radical (unpaired) electrons. The van der Waals surface area contributed by atoms with Crippen molar-refractivity contribution < 1.29 is 22.7 Å². The van der Waals surface area contributed by atoms with E-state index in [1.165, 1.54) is 0 Å². The van der Waals surface area contributed by atoms with Crippen molar-refractivity contribution in [2.45, 2.75) is 69.8 Å². The predicted octanol–water partition coefficient (Wildman–Crippen LogP) is 4.80. The van der Waals surface area contributed by atoms with Gasteiger partial charge in [0.2, 0.25) is 0 Å². The second kappa shape index (κ2) is 8.09. The molecular weight excluding hydrogens is 357 g/mol. The molecule has 0 spiro atoms. The lowest BCUT2D eigenvalue weighted by molar-refractivity contribution is -0.137. The molecule has 1 saturated carbocycles. The Bertz CT molecular complexity index is 636. The number of hydrogen-bond acceptors (Lipinski definition) is 3. The van der Waals surface area contributed by atoms with E-state index in [0.717, 1.165) is 37.0 Å². The van der Waals surface area contributed by atoms with Crippen LogP contribution in [0.3, 0.4) is 0 Å². The Kier molecular flexibility index (Phi) is 6.45. The van der Waals surface area contributed by atoms with Gasteiger partial charge in [0.15, 0.2) is 0 Å². The molecule has 0 aliphatic heterocycles. The summed E-state index contributed by atoms with van der Waals surface area (Å²) in [5, 5.41) is 2.96. The lowest BCUT2D eigenvalue weighted by Crippen LogP contribution is -2.53. The molecule has 1 amide bonds. The number of rotatable bonds is 3. The molecule has 27 heavy (non-hydrogen) atoms. The second-order valence-corrected chi connectivity index (χ2v) is 8.41. The molecule has 0 saturated heterocycles. The monoisotopic (exact) mass is 386 g/mol. The summed E-state index contributed by atoms with van der Waals surface area (Å²) < 4.78 is 43.6. The van der Waals surface area contributed by atoms with Crippen LogP contribution in [-0.4, -0.2) is 42.8 Å². The zero-order valence-corrected chi connectivity index (χ0v) is 16.6. The Balaban J connectivity index is 2.06. The number of halogens is 3. The summed E-state index contributed by atoms with van der Waals surface area (Å²) in [6.07, 6.45) is -2.45. The molecule has 2 rings (SSSR count). The van der Waals surface area contributed by atoms with Crippen LogP contribution < -0.4 is 5.32 Å². The smallest absolute Gasteiger partial charge is 0.416 e. The summed E-state index contributed by atoms with van der Waals surface area (Å²) >= 11 is 0. The van der Waals surface area contributed by atoms with Crippen molar-refractivity contribution in [1.82, 2.24) is 10.2 Å². The van der Waals surface area contributed by atoms with E-state index < -0.39 is 23.4 Å². The fraction of sp³-hybridized carbons (Fsp3) is 0.650. The molecule has 0 aromatic heterocycles. The van der Waals surface area contributed by atoms with Gasteiger partial charge < -0.3 is 15.0 Å². The average molecular weight is 386 g/mol. The molecule has 1 aromatic carbocycles. The van der Waals surface area contributed by atoms with Crippen LogP contribution in [-0.2, 0) is 10.9 Å². The molecule has 7 heteroatoms. The van der Waals surface area contributed by atoms with E-state index in [0.29, 0.717) is 0 Å². The molecule has 1 unspecified atom stereocenters. The SMILES string of the molecule is CN(C)[C@H]1CC(c2ccc(C(F)(F)F)cc2)CC[C@@H]1NC(=O)OC(C)(C)C. The number of amides is 1. The third-order valence-corrected chi connectivity index (χ3v) is 4.89. The topological polar surface area (TPSA) is 41.6 Å². The van der Waals surface area contributed by atoms with E-state index >= 15 is 0 Å². The van der Waals surface area contributed by atoms with Gasteiger partial charge in [-0.2, -0.15) is 13.2 Å². The highest BCUT2D eigenvalue weighted by Gasteiger charge is 2.35. The Morgan fingerprint density at radius 1 is 1.11 bits per heavy atom. The molecule has 1 aliphatic carbocycles. The van der Waals surface area contributed by atoms with E-state index in [2.05, 4.69) is 10.2 Å². The Morgan fingerprint density at radius 3 is 2.19 bits per heavy atom. The van der Waals surface area contributed by atoms with Crippen LogP contribution in [0.2, 0.25) is 0 Å². The van der Waals surface area contributed by atoms with Crippen molar-refractivity contribution in [2.75, 3.05) is 14.1 Å². The van der Waals surface area contributed by atoms with Crippen LogP contribution in [0, 0.1) is 0 Å². The lowest BCUT2D eigenvalue weighted by Gasteiger charge is -2.40. The Morgan fingerprint density at radius 2 is 1.70 bits per heavy atom. The highest BCUT2D eigenvalue weighted by molar-refractivity contribution is 5.68. The van der Waals surface area contributed by atoms with Crippen molar-refractivity contribution in [2.24, 2.45) is 0 Å². The first-order valence-corrected chi connectivity index (χ1v) is 9.20. The lowest BCUT2D eigenvalue weighted by atomic mass is 9.78. The van der Waals surface area contributed by atoms with Gasteiger partial charge in [0, 0.05) is 12.1 Å². The van der Waals surface area contributed by atoms with Gasteiger partial charge >= 0.3 is 12.3 Å². The molecular formula is C20H29F3N2O2. The number of alkyl carbamates (subject to hydrolysis) is 1. The first-order chi connectivity index (χ1) is 12.4. The Hall–Kier alpha value is -1.76. The summed E-state index contributed by atoms with van der Waals surface area (Å²) in [5.41, 5.74) is -0.281. The average Bonchev–Trinajstić information content (AvgIpc) is 2.52. The highest BCUT2D eigenvalue weighted by atomic mass is 19.4. The number of nitrogens with zero attached hydrogens (tertiary/aromatic N) is 1. The third-order valence-electron chi connectivity index (χ3n) is 4.89. The van der Waals surface area contributed by atoms with Crippen LogP contribution in [0.1, 0.15) is 57.1 Å². The normalized spacial score (nSPS) is 24.0. The van der Waals surface area contributed by atoms with Crippen molar-refractivity contribution >= 4 is 6.09 Å². The van der Waals surface area contributed by atoms with Gasteiger partial charge in [-0.15, -0.1) is 0 Å². The van der Waals surface area contributed by atoms with Crippen molar-refractivity contribution in [1.29, 1.82) is 0 Å². The van der Waals surface area contributed by atoms with Crippen molar-refractivity contribution in [3.63, 3.8) is 0 Å². The van der Waals surface area contributed by atoms with Gasteiger partial charge in [0.25, 0.3) is 0 Å². The maximum absolute atomic E-state index is 12.8. The summed E-state index contributed by atoms with van der Waals surface area (Å²) in [4.78, 5) is 14.2. The Labute approximate surface area is 159 Å². The van der Waals surface area contributed by atoms with Gasteiger partial charge in [-0.1, -0.05) is 12.1 Å². The third kappa shape index (κ3) is 6.13. The number of likely N-dealkylation sites (N-methyl/N-ethyl adjacent to an activating group) is 1. The maximum atomic E-state index is 12.8. The summed E-state index contributed by atoms with van der Waals surface area (Å²) in [6.45, 7) is 5.45. The highest BCUT2D eigenvalue weighted by Crippen LogP contribution is 2.36. The molecule has 0 heterocycles. The van der Waals surface area contributed by atoms with Crippen LogP contribution >= 0.6 is 0 Å². The zero-order valence-electron chi connectivity index (χ0n) is 16.6. The minimum atomic E-state index is -4.32. The minimum absolute atomic E-state index is 0.0550. The number of nitrogens with one attached hydrogen (secondary N) is 1. The predicted molar refractivity (Wildman–Crippen MR) is 98.7 cm³/mol. The van der Waals surface area contributed by atoms with Crippen LogP contribution in [0.4, 0.5) is 18.0 Å². The molecule has 3 atom stereocenters. The number of ether oxygens (including phenoxy) is 1. The van der Waals surface area contributed by atoms with Crippen molar-refractivity contribution in [3.05, 3.63) is 35.4 Å². The number of carbonyl (C=O) groups excluding carboxylic acids is 1. The fourth-order valence-electron chi connectivity index (χ4n) is 3.59. The first-order valence-electron chi connectivity index (χ1n) is 9.20. The van der Waals surface area contributed by atoms with Crippen LogP contribution in [0.25, 0.3) is 0 Å². The summed E-state index contributed by atoms with van der Waals surface area (Å²) in [7, 11) is 3.90. The molecule has 152 valence electrons. The summed E-state index contributed by atoms with van der Waals surface area (Å²) in [5.74, 6) is 0.163. The van der Waals surface area contributed by atoms with Gasteiger partial charge in [-0.25, -0.2) is 4.79 Å². The van der Waals surface area contributed by atoms with E-state index in [4.69, 9.17) is 4.74 Å². The molecule has 1 N–H and O–H groups in total. The second-order valence-electron chi connectivity index (χ2n) is 8.41. The van der Waals surface area contributed by atoms with E-state index in [1.54, 1.807) is 12.1 Å². The van der Waals surface area contributed by atoms with Crippen LogP contribution in [0.15, 0.2) is 24.3 Å². The zero-order chi connectivity index (χ0) is 20.4. The fourth-order valence-corrected chi connectivity index (χ4v) is 3.59. The van der Waals surface area contributed by atoms with E-state index in [1.807, 2.05) is 34.9 Å². The number of carbonyl (C=O) groups is 1.